The van der Waals surface area contributed by atoms with E-state index < -0.39 is 19.0 Å². The lowest BCUT2D eigenvalue weighted by molar-refractivity contribution is -0.165. The molecule has 0 amide bonds. The summed E-state index contributed by atoms with van der Waals surface area (Å²) in [6, 6.07) is 8.84. The van der Waals surface area contributed by atoms with E-state index in [1.807, 2.05) is 0 Å². The zero-order valence-corrected chi connectivity index (χ0v) is 13.5. The fraction of sp³-hybridized carbons (Fsp3) is 0.667. The number of fused-ring (bicyclic) bond motifs is 3. The highest BCUT2D eigenvalue weighted by Crippen LogP contribution is 2.39. The van der Waals surface area contributed by atoms with E-state index in [1.165, 1.54) is 24.0 Å². The summed E-state index contributed by atoms with van der Waals surface area (Å²) in [5, 5.41) is 3.42. The van der Waals surface area contributed by atoms with Gasteiger partial charge in [0.05, 0.1) is 6.61 Å². The fourth-order valence-corrected chi connectivity index (χ4v) is 4.05. The van der Waals surface area contributed by atoms with Crippen LogP contribution in [0.2, 0.25) is 0 Å². The molecule has 0 heterocycles. The van der Waals surface area contributed by atoms with Crippen LogP contribution in [0.1, 0.15) is 24.0 Å². The minimum absolute atomic E-state index is 0.0190. The highest BCUT2D eigenvalue weighted by atomic mass is 19.3. The van der Waals surface area contributed by atoms with Crippen molar-refractivity contribution in [1.82, 2.24) is 5.32 Å². The van der Waals surface area contributed by atoms with E-state index in [9.17, 15) is 17.6 Å². The summed E-state index contributed by atoms with van der Waals surface area (Å²) in [7, 11) is 0. The topological polar surface area (TPSA) is 21.3 Å². The van der Waals surface area contributed by atoms with Gasteiger partial charge in [0.2, 0.25) is 0 Å². The van der Waals surface area contributed by atoms with Crippen LogP contribution in [0.15, 0.2) is 24.3 Å². The third-order valence-corrected chi connectivity index (χ3v) is 5.25. The summed E-state index contributed by atoms with van der Waals surface area (Å²) in [6.45, 7) is -0.798. The number of hydrogen-bond acceptors (Lipinski definition) is 2. The van der Waals surface area contributed by atoms with Gasteiger partial charge in [-0.25, -0.2) is 8.78 Å². The molecule has 0 aromatic heterocycles. The smallest absolute Gasteiger partial charge is 0.330 e. The molecule has 6 heteroatoms. The second-order valence-electron chi connectivity index (χ2n) is 6.87. The second kappa shape index (κ2) is 7.40. The molecule has 1 saturated carbocycles. The lowest BCUT2D eigenvalue weighted by Gasteiger charge is -2.24. The Bertz CT molecular complexity index is 519. The molecule has 1 aromatic carbocycles. The minimum Gasteiger partial charge on any atom is -0.374 e. The van der Waals surface area contributed by atoms with E-state index in [2.05, 4.69) is 29.6 Å². The molecule has 134 valence electrons. The van der Waals surface area contributed by atoms with Gasteiger partial charge >= 0.3 is 12.3 Å². The minimum atomic E-state index is -4.07. The highest BCUT2D eigenvalue weighted by Gasteiger charge is 2.41. The Morgan fingerprint density at radius 1 is 1.08 bits per heavy atom. The molecule has 24 heavy (non-hydrogen) atoms. The molecular weight excluding hydrogens is 322 g/mol. The van der Waals surface area contributed by atoms with Crippen molar-refractivity contribution < 1.29 is 22.3 Å². The van der Waals surface area contributed by atoms with Crippen LogP contribution >= 0.6 is 0 Å². The standard InChI is InChI=1S/C18H23F4NO/c19-17(20)18(21,22)11-24-8-7-23-16-14-5-6-15(16)10-13-4-2-1-3-12(13)9-14/h1-4,14-17,23H,5-11H2/t14-,15-/m0/s1. The number of rotatable bonds is 7. The molecule has 2 aliphatic carbocycles. The molecule has 0 spiro atoms. The van der Waals surface area contributed by atoms with Gasteiger partial charge in [-0.2, -0.15) is 8.78 Å². The predicted molar refractivity (Wildman–Crippen MR) is 83.6 cm³/mol. The molecule has 0 aliphatic heterocycles. The molecule has 0 radical (unpaired) electrons. The molecule has 1 N–H and O–H groups in total. The van der Waals surface area contributed by atoms with Crippen LogP contribution < -0.4 is 5.32 Å². The Labute approximate surface area is 139 Å². The van der Waals surface area contributed by atoms with Gasteiger partial charge in [-0.15, -0.1) is 0 Å². The maximum absolute atomic E-state index is 12.8. The fourth-order valence-electron chi connectivity index (χ4n) is 4.05. The number of alkyl halides is 4. The molecular formula is C18H23F4NO. The van der Waals surface area contributed by atoms with E-state index >= 15 is 0 Å². The maximum atomic E-state index is 12.8. The summed E-state index contributed by atoms with van der Waals surface area (Å²) in [6.07, 6.45) is 0.729. The van der Waals surface area contributed by atoms with Crippen molar-refractivity contribution in [3.63, 3.8) is 0 Å². The van der Waals surface area contributed by atoms with Crippen LogP contribution in [0, 0.1) is 11.8 Å². The van der Waals surface area contributed by atoms with Gasteiger partial charge < -0.3 is 10.1 Å². The summed E-state index contributed by atoms with van der Waals surface area (Å²) in [5.41, 5.74) is 2.81. The normalized spacial score (nSPS) is 26.5. The monoisotopic (exact) mass is 345 g/mol. The zero-order chi connectivity index (χ0) is 17.2. The molecule has 2 aliphatic rings. The maximum Gasteiger partial charge on any atom is 0.330 e. The third-order valence-electron chi connectivity index (χ3n) is 5.25. The number of ether oxygens (including phenoxy) is 1. The van der Waals surface area contributed by atoms with E-state index in [0.29, 0.717) is 24.4 Å². The summed E-state index contributed by atoms with van der Waals surface area (Å²) >= 11 is 0. The number of halogens is 4. The molecule has 1 aromatic rings. The van der Waals surface area contributed by atoms with Crippen LogP contribution in [-0.4, -0.2) is 38.1 Å². The summed E-state index contributed by atoms with van der Waals surface area (Å²) in [4.78, 5) is 0. The molecule has 1 fully saturated rings. The van der Waals surface area contributed by atoms with Gasteiger partial charge in [0.15, 0.2) is 0 Å². The molecule has 2 atom stereocenters. The van der Waals surface area contributed by atoms with Crippen LogP contribution in [0.3, 0.4) is 0 Å². The van der Waals surface area contributed by atoms with Crippen LogP contribution in [-0.2, 0) is 17.6 Å². The Morgan fingerprint density at radius 3 is 2.21 bits per heavy atom. The van der Waals surface area contributed by atoms with Crippen molar-refractivity contribution in [3.8, 4) is 0 Å². The largest absolute Gasteiger partial charge is 0.374 e. The van der Waals surface area contributed by atoms with Crippen molar-refractivity contribution in [2.75, 3.05) is 19.8 Å². The van der Waals surface area contributed by atoms with Gasteiger partial charge in [-0.3, -0.25) is 0 Å². The van der Waals surface area contributed by atoms with E-state index in [-0.39, 0.29) is 6.61 Å². The molecule has 2 nitrogen and oxygen atoms in total. The molecule has 2 bridgehead atoms. The average Bonchev–Trinajstić information content (AvgIpc) is 2.81. The number of nitrogens with one attached hydrogen (secondary N) is 1. The second-order valence-corrected chi connectivity index (χ2v) is 6.87. The SMILES string of the molecule is FC(F)C(F)(F)COCCNC1[C@H]2CC[C@H]1Cc1ccccc1C2. The Morgan fingerprint density at radius 2 is 1.67 bits per heavy atom. The van der Waals surface area contributed by atoms with Crippen molar-refractivity contribution in [2.24, 2.45) is 11.8 Å². The highest BCUT2D eigenvalue weighted by molar-refractivity contribution is 5.30. The third kappa shape index (κ3) is 3.91. The Kier molecular flexibility index (Phi) is 5.45. The summed E-state index contributed by atoms with van der Waals surface area (Å²) in [5.74, 6) is -2.98. The first-order valence-corrected chi connectivity index (χ1v) is 8.51. The van der Waals surface area contributed by atoms with Gasteiger partial charge in [-0.05, 0) is 48.6 Å². The van der Waals surface area contributed by atoms with Gasteiger partial charge in [0, 0.05) is 12.6 Å². The van der Waals surface area contributed by atoms with Crippen LogP contribution in [0.5, 0.6) is 0 Å². The van der Waals surface area contributed by atoms with E-state index in [0.717, 1.165) is 12.8 Å². The number of hydrogen-bond donors (Lipinski definition) is 1. The quantitative estimate of drug-likeness (QED) is 0.601. The molecule has 0 unspecified atom stereocenters. The van der Waals surface area contributed by atoms with Crippen molar-refractivity contribution in [2.45, 2.75) is 44.1 Å². The van der Waals surface area contributed by atoms with E-state index in [1.54, 1.807) is 0 Å². The van der Waals surface area contributed by atoms with Crippen LogP contribution in [0.25, 0.3) is 0 Å². The van der Waals surface area contributed by atoms with Crippen LogP contribution in [0.4, 0.5) is 17.6 Å². The Balaban J connectivity index is 1.47. The lowest BCUT2D eigenvalue weighted by Crippen LogP contribution is -2.40. The first kappa shape index (κ1) is 17.7. The van der Waals surface area contributed by atoms with Crippen molar-refractivity contribution in [1.29, 1.82) is 0 Å². The van der Waals surface area contributed by atoms with Crippen molar-refractivity contribution >= 4 is 0 Å². The molecule has 0 saturated heterocycles. The zero-order valence-electron chi connectivity index (χ0n) is 13.5. The van der Waals surface area contributed by atoms with Gasteiger partial charge in [-0.1, -0.05) is 24.3 Å². The predicted octanol–water partition coefficient (Wildman–Crippen LogP) is 3.69. The average molecular weight is 345 g/mol. The molecule has 3 rings (SSSR count). The Hall–Kier alpha value is -1.14. The van der Waals surface area contributed by atoms with Crippen molar-refractivity contribution in [3.05, 3.63) is 35.4 Å². The lowest BCUT2D eigenvalue weighted by atomic mass is 9.94. The number of benzene rings is 1. The first-order chi connectivity index (χ1) is 11.5. The van der Waals surface area contributed by atoms with Gasteiger partial charge in [0.25, 0.3) is 0 Å². The van der Waals surface area contributed by atoms with Gasteiger partial charge in [0.1, 0.15) is 6.61 Å². The summed E-state index contributed by atoms with van der Waals surface area (Å²) < 4.78 is 54.4. The van der Waals surface area contributed by atoms with E-state index in [4.69, 9.17) is 4.74 Å². The first-order valence-electron chi connectivity index (χ1n) is 8.51.